The molecule has 1 saturated heterocycles. The van der Waals surface area contributed by atoms with Gasteiger partial charge in [-0.15, -0.1) is 0 Å². The van der Waals surface area contributed by atoms with E-state index in [1.807, 2.05) is 0 Å². The van der Waals surface area contributed by atoms with Crippen molar-refractivity contribution in [1.82, 2.24) is 4.90 Å². The number of carboxylic acid groups (broad SMARTS) is 1. The number of carbonyl (C=O) groups is 1. The highest BCUT2D eigenvalue weighted by molar-refractivity contribution is 5.87. The standard InChI is InChI=1S/C14H17FN2O2/c1-16-6-8-17(9-7-16)13-4-3-12(15)10-11(13)2-5-14(18)19/h2-5,10H,6-9H2,1H3,(H,18,19)/b5-2+. The maximum Gasteiger partial charge on any atom is 0.328 e. The van der Waals surface area contributed by atoms with Crippen molar-refractivity contribution in [1.29, 1.82) is 0 Å². The van der Waals surface area contributed by atoms with Crippen LogP contribution >= 0.6 is 0 Å². The van der Waals surface area contributed by atoms with E-state index < -0.39 is 5.97 Å². The average Bonchev–Trinajstić information content (AvgIpc) is 2.38. The molecule has 1 N–H and O–H groups in total. The van der Waals surface area contributed by atoms with Crippen molar-refractivity contribution >= 4 is 17.7 Å². The summed E-state index contributed by atoms with van der Waals surface area (Å²) >= 11 is 0. The van der Waals surface area contributed by atoms with Crippen molar-refractivity contribution in [3.8, 4) is 0 Å². The molecular formula is C14H17FN2O2. The third-order valence-electron chi connectivity index (χ3n) is 3.24. The Morgan fingerprint density at radius 2 is 2.00 bits per heavy atom. The summed E-state index contributed by atoms with van der Waals surface area (Å²) in [5.74, 6) is -1.39. The third kappa shape index (κ3) is 3.54. The zero-order chi connectivity index (χ0) is 13.8. The molecule has 1 aromatic rings. The molecule has 0 spiro atoms. The van der Waals surface area contributed by atoms with Gasteiger partial charge in [-0.05, 0) is 31.3 Å². The van der Waals surface area contributed by atoms with Crippen LogP contribution in [0.1, 0.15) is 5.56 Å². The van der Waals surface area contributed by atoms with Crippen molar-refractivity contribution in [2.75, 3.05) is 38.1 Å². The molecule has 4 nitrogen and oxygen atoms in total. The Labute approximate surface area is 111 Å². The summed E-state index contributed by atoms with van der Waals surface area (Å²) in [6, 6.07) is 4.49. The molecule has 0 atom stereocenters. The largest absolute Gasteiger partial charge is 0.478 e. The Morgan fingerprint density at radius 1 is 1.32 bits per heavy atom. The number of halogens is 1. The first-order valence-corrected chi connectivity index (χ1v) is 6.20. The maximum atomic E-state index is 13.3. The number of hydrogen-bond acceptors (Lipinski definition) is 3. The number of carboxylic acids is 1. The fourth-order valence-electron chi connectivity index (χ4n) is 2.16. The van der Waals surface area contributed by atoms with Crippen LogP contribution in [0.15, 0.2) is 24.3 Å². The van der Waals surface area contributed by atoms with E-state index >= 15 is 0 Å². The van der Waals surface area contributed by atoms with Crippen LogP contribution < -0.4 is 4.90 Å². The SMILES string of the molecule is CN1CCN(c2ccc(F)cc2/C=C/C(=O)O)CC1. The Bertz CT molecular complexity index is 494. The van der Waals surface area contributed by atoms with Crippen molar-refractivity contribution in [2.45, 2.75) is 0 Å². The van der Waals surface area contributed by atoms with E-state index in [1.165, 1.54) is 18.2 Å². The first-order valence-electron chi connectivity index (χ1n) is 6.20. The summed E-state index contributed by atoms with van der Waals surface area (Å²) in [6.07, 6.45) is 2.48. The maximum absolute atomic E-state index is 13.3. The lowest BCUT2D eigenvalue weighted by Crippen LogP contribution is -2.44. The van der Waals surface area contributed by atoms with Crippen LogP contribution in [-0.2, 0) is 4.79 Å². The first-order chi connectivity index (χ1) is 9.06. The molecule has 0 aliphatic carbocycles. The lowest BCUT2D eigenvalue weighted by Gasteiger charge is -2.34. The van der Waals surface area contributed by atoms with Gasteiger partial charge in [0.2, 0.25) is 0 Å². The number of hydrogen-bond donors (Lipinski definition) is 1. The van der Waals surface area contributed by atoms with Crippen LogP contribution in [0.3, 0.4) is 0 Å². The lowest BCUT2D eigenvalue weighted by atomic mass is 10.1. The fourth-order valence-corrected chi connectivity index (χ4v) is 2.16. The van der Waals surface area contributed by atoms with E-state index in [-0.39, 0.29) is 5.82 Å². The van der Waals surface area contributed by atoms with Crippen molar-refractivity contribution in [3.05, 3.63) is 35.7 Å². The molecule has 0 amide bonds. The van der Waals surface area contributed by atoms with Gasteiger partial charge in [0.05, 0.1) is 0 Å². The predicted octanol–water partition coefficient (Wildman–Crippen LogP) is 1.68. The van der Waals surface area contributed by atoms with Gasteiger partial charge in [0.1, 0.15) is 5.82 Å². The van der Waals surface area contributed by atoms with Gasteiger partial charge in [-0.1, -0.05) is 0 Å². The first kappa shape index (κ1) is 13.5. The van der Waals surface area contributed by atoms with Gasteiger partial charge >= 0.3 is 5.97 Å². The highest BCUT2D eigenvalue weighted by Gasteiger charge is 2.16. The minimum absolute atomic E-state index is 0.358. The van der Waals surface area contributed by atoms with Gasteiger partial charge in [-0.3, -0.25) is 0 Å². The minimum Gasteiger partial charge on any atom is -0.478 e. The topological polar surface area (TPSA) is 43.8 Å². The number of piperazine rings is 1. The van der Waals surface area contributed by atoms with Crippen molar-refractivity contribution in [2.24, 2.45) is 0 Å². The van der Waals surface area contributed by atoms with Crippen LogP contribution in [0.25, 0.3) is 6.08 Å². The smallest absolute Gasteiger partial charge is 0.328 e. The molecule has 0 unspecified atom stereocenters. The predicted molar refractivity (Wildman–Crippen MR) is 72.8 cm³/mol. The molecule has 1 aliphatic heterocycles. The van der Waals surface area contributed by atoms with Crippen LogP contribution in [0.5, 0.6) is 0 Å². The highest BCUT2D eigenvalue weighted by atomic mass is 19.1. The lowest BCUT2D eigenvalue weighted by molar-refractivity contribution is -0.131. The highest BCUT2D eigenvalue weighted by Crippen LogP contribution is 2.24. The van der Waals surface area contributed by atoms with Crippen molar-refractivity contribution in [3.63, 3.8) is 0 Å². The Hall–Kier alpha value is -1.88. The summed E-state index contributed by atoms with van der Waals surface area (Å²) in [4.78, 5) is 15.0. The van der Waals surface area contributed by atoms with Gasteiger partial charge < -0.3 is 14.9 Å². The third-order valence-corrected chi connectivity index (χ3v) is 3.24. The van der Waals surface area contributed by atoms with E-state index in [2.05, 4.69) is 16.8 Å². The van der Waals surface area contributed by atoms with Gasteiger partial charge in [-0.2, -0.15) is 0 Å². The summed E-state index contributed by atoms with van der Waals surface area (Å²) in [6.45, 7) is 3.60. The van der Waals surface area contributed by atoms with Crippen LogP contribution in [-0.4, -0.2) is 49.2 Å². The summed E-state index contributed by atoms with van der Waals surface area (Å²) in [5, 5.41) is 8.68. The molecule has 0 radical (unpaired) electrons. The number of rotatable bonds is 3. The summed E-state index contributed by atoms with van der Waals surface area (Å²) in [5.41, 5.74) is 1.49. The molecule has 2 rings (SSSR count). The second-order valence-electron chi connectivity index (χ2n) is 4.67. The van der Waals surface area contributed by atoms with Gasteiger partial charge in [0, 0.05) is 43.5 Å². The fraction of sp³-hybridized carbons (Fsp3) is 0.357. The van der Waals surface area contributed by atoms with E-state index in [9.17, 15) is 9.18 Å². The van der Waals surface area contributed by atoms with Crippen molar-refractivity contribution < 1.29 is 14.3 Å². The Kier molecular flexibility index (Phi) is 4.16. The van der Waals surface area contributed by atoms with E-state index in [0.717, 1.165) is 37.9 Å². The Morgan fingerprint density at radius 3 is 2.63 bits per heavy atom. The molecular weight excluding hydrogens is 247 g/mol. The van der Waals surface area contributed by atoms with Gasteiger partial charge in [0.15, 0.2) is 0 Å². The van der Waals surface area contributed by atoms with Gasteiger partial charge in [-0.25, -0.2) is 9.18 Å². The normalized spacial score (nSPS) is 17.1. The van der Waals surface area contributed by atoms with Crippen LogP contribution in [0, 0.1) is 5.82 Å². The molecule has 1 fully saturated rings. The molecule has 1 heterocycles. The quantitative estimate of drug-likeness (QED) is 0.844. The second kappa shape index (κ2) is 5.84. The molecule has 1 aromatic carbocycles. The van der Waals surface area contributed by atoms with E-state index in [0.29, 0.717) is 5.56 Å². The number of anilines is 1. The van der Waals surface area contributed by atoms with E-state index in [4.69, 9.17) is 5.11 Å². The summed E-state index contributed by atoms with van der Waals surface area (Å²) < 4.78 is 13.3. The number of benzene rings is 1. The average molecular weight is 264 g/mol. The zero-order valence-electron chi connectivity index (χ0n) is 10.8. The second-order valence-corrected chi connectivity index (χ2v) is 4.67. The number of likely N-dealkylation sites (N-methyl/N-ethyl adjacent to an activating group) is 1. The summed E-state index contributed by atoms with van der Waals surface area (Å²) in [7, 11) is 2.06. The molecule has 1 aliphatic rings. The van der Waals surface area contributed by atoms with E-state index in [1.54, 1.807) is 6.07 Å². The molecule has 0 saturated carbocycles. The monoisotopic (exact) mass is 264 g/mol. The van der Waals surface area contributed by atoms with Gasteiger partial charge in [0.25, 0.3) is 0 Å². The molecule has 0 bridgehead atoms. The molecule has 0 aromatic heterocycles. The molecule has 19 heavy (non-hydrogen) atoms. The molecule has 102 valence electrons. The molecule has 5 heteroatoms. The zero-order valence-corrected chi connectivity index (χ0v) is 10.8. The number of aliphatic carboxylic acids is 1. The van der Waals surface area contributed by atoms with Crippen LogP contribution in [0.2, 0.25) is 0 Å². The minimum atomic E-state index is -1.03. The number of nitrogens with zero attached hydrogens (tertiary/aromatic N) is 2. The Balaban J connectivity index is 2.26. The van der Waals surface area contributed by atoms with Crippen LogP contribution in [0.4, 0.5) is 10.1 Å².